The molecule has 0 unspecified atom stereocenters. The molecule has 2 aromatic heterocycles. The lowest BCUT2D eigenvalue weighted by molar-refractivity contribution is 0.810. The van der Waals surface area contributed by atoms with Crippen molar-refractivity contribution in [2.24, 2.45) is 0 Å². The van der Waals surface area contributed by atoms with Gasteiger partial charge in [0, 0.05) is 5.56 Å². The summed E-state index contributed by atoms with van der Waals surface area (Å²) in [5.41, 5.74) is 2.60. The summed E-state index contributed by atoms with van der Waals surface area (Å²) in [7, 11) is 0. The monoisotopic (exact) mass is 290 g/mol. The number of aromatic nitrogens is 4. The number of thioether (sulfide) groups is 1. The molecule has 2 heterocycles. The van der Waals surface area contributed by atoms with Crippen LogP contribution in [0.5, 0.6) is 0 Å². The van der Waals surface area contributed by atoms with Crippen molar-refractivity contribution < 1.29 is 0 Å². The van der Waals surface area contributed by atoms with E-state index in [4.69, 9.17) is 11.6 Å². The van der Waals surface area contributed by atoms with Gasteiger partial charge < -0.3 is 0 Å². The molecule has 3 aromatic rings. The second-order valence-corrected chi connectivity index (χ2v) is 5.49. The van der Waals surface area contributed by atoms with Crippen LogP contribution in [0.4, 0.5) is 0 Å². The smallest absolute Gasteiger partial charge is 0.186 e. The van der Waals surface area contributed by atoms with E-state index in [9.17, 15) is 0 Å². The van der Waals surface area contributed by atoms with Gasteiger partial charge in [0.05, 0.1) is 0 Å². The Hall–Kier alpha value is -1.59. The molecule has 4 nitrogen and oxygen atoms in total. The van der Waals surface area contributed by atoms with E-state index in [1.165, 1.54) is 0 Å². The lowest BCUT2D eigenvalue weighted by Gasteiger charge is -2.04. The minimum absolute atomic E-state index is 0.455. The van der Waals surface area contributed by atoms with Gasteiger partial charge in [-0.25, -0.2) is 0 Å². The molecule has 3 rings (SSSR count). The Bertz CT molecular complexity index is 711. The third-order valence-electron chi connectivity index (χ3n) is 2.68. The first-order chi connectivity index (χ1) is 9.29. The zero-order valence-corrected chi connectivity index (χ0v) is 11.8. The summed E-state index contributed by atoms with van der Waals surface area (Å²) in [6, 6.07) is 11.8. The van der Waals surface area contributed by atoms with Crippen LogP contribution in [0, 0.1) is 0 Å². The first-order valence-corrected chi connectivity index (χ1v) is 7.26. The fraction of sp³-hybridized carbons (Fsp3) is 0.154. The number of hydrogen-bond donors (Lipinski definition) is 0. The van der Waals surface area contributed by atoms with Crippen LogP contribution >= 0.6 is 23.4 Å². The van der Waals surface area contributed by atoms with Gasteiger partial charge in [-0.3, -0.25) is 0 Å². The van der Waals surface area contributed by atoms with E-state index in [1.807, 2.05) is 36.4 Å². The van der Waals surface area contributed by atoms with Crippen molar-refractivity contribution in [2.45, 2.75) is 12.1 Å². The third-order valence-corrected chi connectivity index (χ3v) is 3.76. The molecule has 0 saturated carbocycles. The van der Waals surface area contributed by atoms with Gasteiger partial charge >= 0.3 is 0 Å². The number of hydrogen-bond acceptors (Lipinski definition) is 4. The van der Waals surface area contributed by atoms with Gasteiger partial charge in [0.1, 0.15) is 0 Å². The number of fused-ring (bicyclic) bond motifs is 1. The molecule has 96 valence electrons. The van der Waals surface area contributed by atoms with Crippen LogP contribution in [-0.2, 0) is 0 Å². The van der Waals surface area contributed by atoms with Crippen molar-refractivity contribution in [3.63, 3.8) is 0 Å². The number of halogens is 1. The SMILES string of the molecule is CCSc1nnc2cc(-c3ccccc3)c(Cl)nn12. The zero-order valence-electron chi connectivity index (χ0n) is 10.2. The van der Waals surface area contributed by atoms with Crippen LogP contribution in [0.25, 0.3) is 16.8 Å². The van der Waals surface area contributed by atoms with E-state index in [1.54, 1.807) is 16.3 Å². The van der Waals surface area contributed by atoms with Crippen molar-refractivity contribution in [1.29, 1.82) is 0 Å². The molecule has 0 aliphatic carbocycles. The Kier molecular flexibility index (Phi) is 3.40. The summed E-state index contributed by atoms with van der Waals surface area (Å²) in [6.45, 7) is 2.06. The van der Waals surface area contributed by atoms with E-state index in [2.05, 4.69) is 22.2 Å². The predicted molar refractivity (Wildman–Crippen MR) is 77.6 cm³/mol. The van der Waals surface area contributed by atoms with Crippen molar-refractivity contribution in [3.8, 4) is 11.1 Å². The molecule has 0 fully saturated rings. The van der Waals surface area contributed by atoms with Gasteiger partial charge in [0.25, 0.3) is 0 Å². The van der Waals surface area contributed by atoms with Crippen molar-refractivity contribution in [1.82, 2.24) is 19.8 Å². The van der Waals surface area contributed by atoms with Crippen molar-refractivity contribution in [3.05, 3.63) is 41.6 Å². The highest BCUT2D eigenvalue weighted by Gasteiger charge is 2.12. The Balaban J connectivity index is 2.16. The molecule has 0 atom stereocenters. The summed E-state index contributed by atoms with van der Waals surface area (Å²) in [5, 5.41) is 13.8. The first-order valence-electron chi connectivity index (χ1n) is 5.89. The quantitative estimate of drug-likeness (QED) is 0.692. The average Bonchev–Trinajstić information content (AvgIpc) is 2.82. The average molecular weight is 291 g/mol. The molecule has 0 spiro atoms. The minimum Gasteiger partial charge on any atom is -0.186 e. The van der Waals surface area contributed by atoms with Gasteiger partial charge in [-0.1, -0.05) is 60.6 Å². The van der Waals surface area contributed by atoms with Crippen LogP contribution in [0.2, 0.25) is 5.15 Å². The fourth-order valence-corrected chi connectivity index (χ4v) is 2.68. The second kappa shape index (κ2) is 5.19. The molecule has 6 heteroatoms. The normalized spacial score (nSPS) is 11.1. The van der Waals surface area contributed by atoms with Crippen LogP contribution in [-0.4, -0.2) is 25.6 Å². The number of benzene rings is 1. The maximum Gasteiger partial charge on any atom is 0.212 e. The molecule has 1 aromatic carbocycles. The number of rotatable bonds is 3. The lowest BCUT2D eigenvalue weighted by Crippen LogP contribution is -1.96. The summed E-state index contributed by atoms with van der Waals surface area (Å²) < 4.78 is 1.68. The molecule has 0 N–H and O–H groups in total. The Labute approximate surface area is 119 Å². The molecule has 0 amide bonds. The molecule has 0 bridgehead atoms. The first kappa shape index (κ1) is 12.4. The maximum absolute atomic E-state index is 6.27. The summed E-state index contributed by atoms with van der Waals surface area (Å²) >= 11 is 7.86. The highest BCUT2D eigenvalue weighted by Crippen LogP contribution is 2.28. The van der Waals surface area contributed by atoms with Gasteiger partial charge in [0.15, 0.2) is 10.8 Å². The molecule has 0 aliphatic heterocycles. The van der Waals surface area contributed by atoms with E-state index in [0.717, 1.165) is 22.0 Å². The van der Waals surface area contributed by atoms with E-state index in [-0.39, 0.29) is 0 Å². The molecule has 0 saturated heterocycles. The summed E-state index contributed by atoms with van der Waals surface area (Å²) in [5.74, 6) is 0.917. The highest BCUT2D eigenvalue weighted by molar-refractivity contribution is 7.99. The number of nitrogens with zero attached hydrogens (tertiary/aromatic N) is 4. The molecular formula is C13H11ClN4S. The standard InChI is InChI=1S/C13H11ClN4S/c1-2-19-13-16-15-11-8-10(12(14)17-18(11)13)9-6-4-3-5-7-9/h3-8H,2H2,1H3. The van der Waals surface area contributed by atoms with Crippen LogP contribution < -0.4 is 0 Å². The summed E-state index contributed by atoms with van der Waals surface area (Å²) in [4.78, 5) is 0. The van der Waals surface area contributed by atoms with Gasteiger partial charge in [-0.15, -0.1) is 10.2 Å². The Morgan fingerprint density at radius 3 is 2.74 bits per heavy atom. The van der Waals surface area contributed by atoms with E-state index in [0.29, 0.717) is 10.8 Å². The van der Waals surface area contributed by atoms with Crippen molar-refractivity contribution in [2.75, 3.05) is 5.75 Å². The summed E-state index contributed by atoms with van der Waals surface area (Å²) in [6.07, 6.45) is 0. The van der Waals surface area contributed by atoms with Crippen LogP contribution in [0.15, 0.2) is 41.6 Å². The molecule has 0 radical (unpaired) electrons. The topological polar surface area (TPSA) is 43.1 Å². The third kappa shape index (κ3) is 2.31. The van der Waals surface area contributed by atoms with Crippen LogP contribution in [0.3, 0.4) is 0 Å². The van der Waals surface area contributed by atoms with Crippen molar-refractivity contribution >= 4 is 29.0 Å². The molecular weight excluding hydrogens is 280 g/mol. The maximum atomic E-state index is 6.27. The van der Waals surface area contributed by atoms with Gasteiger partial charge in [0.2, 0.25) is 5.16 Å². The van der Waals surface area contributed by atoms with E-state index >= 15 is 0 Å². The lowest BCUT2D eigenvalue weighted by atomic mass is 10.1. The fourth-order valence-electron chi connectivity index (χ4n) is 1.83. The Morgan fingerprint density at radius 2 is 2.00 bits per heavy atom. The largest absolute Gasteiger partial charge is 0.212 e. The zero-order chi connectivity index (χ0) is 13.2. The Morgan fingerprint density at radius 1 is 1.21 bits per heavy atom. The van der Waals surface area contributed by atoms with Crippen LogP contribution in [0.1, 0.15) is 6.92 Å². The molecule has 0 aliphatic rings. The van der Waals surface area contributed by atoms with E-state index < -0.39 is 0 Å². The second-order valence-electron chi connectivity index (χ2n) is 3.90. The molecule has 19 heavy (non-hydrogen) atoms. The highest BCUT2D eigenvalue weighted by atomic mass is 35.5. The van der Waals surface area contributed by atoms with Gasteiger partial charge in [-0.05, 0) is 17.4 Å². The minimum atomic E-state index is 0.455. The van der Waals surface area contributed by atoms with Gasteiger partial charge in [-0.2, -0.15) is 9.61 Å². The predicted octanol–water partition coefficient (Wildman–Crippen LogP) is 3.56.